The van der Waals surface area contributed by atoms with Gasteiger partial charge in [-0.05, 0) is 25.3 Å². The largest absolute Gasteiger partial charge is 0.414 e. The van der Waals surface area contributed by atoms with Gasteiger partial charge in [0, 0.05) is 7.05 Å². The van der Waals surface area contributed by atoms with Crippen LogP contribution in [0.4, 0.5) is 4.39 Å². The Kier molecular flexibility index (Phi) is 7.97. The molecule has 0 spiro atoms. The molecule has 1 unspecified atom stereocenters. The summed E-state index contributed by atoms with van der Waals surface area (Å²) in [4.78, 5) is 8.70. The number of allylic oxidation sites excluding steroid dienone is 3. The molecule has 2 atom stereocenters. The van der Waals surface area contributed by atoms with Gasteiger partial charge in [0.05, 0.1) is 12.3 Å². The third kappa shape index (κ3) is 8.39. The number of halogens is 1. The van der Waals surface area contributed by atoms with Gasteiger partial charge in [0.1, 0.15) is 11.6 Å². The lowest BCUT2D eigenvalue weighted by molar-refractivity contribution is 0.0840. The summed E-state index contributed by atoms with van der Waals surface area (Å²) in [5, 5.41) is 0. The summed E-state index contributed by atoms with van der Waals surface area (Å²) in [7, 11) is 1.53. The first-order chi connectivity index (χ1) is 7.99. The van der Waals surface area contributed by atoms with Crippen molar-refractivity contribution in [2.24, 2.45) is 10.9 Å². The highest BCUT2D eigenvalue weighted by molar-refractivity contribution is 5.75. The Morgan fingerprint density at radius 2 is 2.24 bits per heavy atom. The van der Waals surface area contributed by atoms with Crippen LogP contribution in [0, 0.1) is 5.92 Å². The van der Waals surface area contributed by atoms with Crippen LogP contribution in [0.25, 0.3) is 0 Å². The van der Waals surface area contributed by atoms with Gasteiger partial charge >= 0.3 is 0 Å². The average molecular weight is 240 g/mol. The molecule has 0 heterocycles. The van der Waals surface area contributed by atoms with Gasteiger partial charge in [-0.2, -0.15) is 5.48 Å². The molecule has 0 aliphatic heterocycles. The quantitative estimate of drug-likeness (QED) is 0.306. The molecule has 0 radical (unpaired) electrons. The average Bonchev–Trinajstić information content (AvgIpc) is 2.24. The Labute approximate surface area is 103 Å². The Morgan fingerprint density at radius 3 is 2.71 bits per heavy atom. The van der Waals surface area contributed by atoms with Gasteiger partial charge in [-0.3, -0.25) is 4.99 Å². The molecular weight excluding hydrogens is 219 g/mol. The lowest BCUT2D eigenvalue weighted by Crippen LogP contribution is -2.28. The van der Waals surface area contributed by atoms with Crippen molar-refractivity contribution < 1.29 is 9.23 Å². The number of rotatable bonds is 8. The summed E-state index contributed by atoms with van der Waals surface area (Å²) in [5.74, 6) is 0.296. The Balaban J connectivity index is 4.23. The minimum Gasteiger partial charge on any atom is -0.414 e. The molecule has 0 saturated carbocycles. The molecule has 0 saturated heterocycles. The van der Waals surface area contributed by atoms with E-state index in [-0.39, 0.29) is 17.8 Å². The highest BCUT2D eigenvalue weighted by Crippen LogP contribution is 2.11. The van der Waals surface area contributed by atoms with Crippen molar-refractivity contribution in [3.05, 3.63) is 36.9 Å². The molecule has 0 fully saturated rings. The minimum atomic E-state index is -0.330. The molecule has 0 aromatic carbocycles. The zero-order valence-electron chi connectivity index (χ0n) is 10.7. The number of hydrogen-bond donors (Lipinski definition) is 1. The van der Waals surface area contributed by atoms with E-state index in [4.69, 9.17) is 4.84 Å². The molecular formula is C13H21FN2O. The van der Waals surface area contributed by atoms with Gasteiger partial charge in [-0.1, -0.05) is 19.6 Å². The zero-order valence-corrected chi connectivity index (χ0v) is 10.7. The zero-order chi connectivity index (χ0) is 13.3. The monoisotopic (exact) mass is 240 g/mol. The highest BCUT2D eigenvalue weighted by Gasteiger charge is 2.09. The molecule has 0 aliphatic carbocycles. The smallest absolute Gasteiger partial charge is 0.137 e. The third-order valence-corrected chi connectivity index (χ3v) is 1.99. The van der Waals surface area contributed by atoms with Crippen molar-refractivity contribution in [1.29, 1.82) is 0 Å². The molecule has 96 valence electrons. The van der Waals surface area contributed by atoms with E-state index in [0.29, 0.717) is 12.2 Å². The second-order valence-electron chi connectivity index (χ2n) is 3.92. The van der Waals surface area contributed by atoms with Crippen LogP contribution in [-0.2, 0) is 4.84 Å². The molecule has 0 aliphatic rings. The topological polar surface area (TPSA) is 33.6 Å². The van der Waals surface area contributed by atoms with E-state index in [1.165, 1.54) is 19.3 Å². The van der Waals surface area contributed by atoms with Gasteiger partial charge in [-0.15, -0.1) is 6.58 Å². The third-order valence-electron chi connectivity index (χ3n) is 1.99. The van der Waals surface area contributed by atoms with Crippen molar-refractivity contribution in [3.63, 3.8) is 0 Å². The lowest BCUT2D eigenvalue weighted by Gasteiger charge is -2.17. The number of nitrogens with one attached hydrogen (secondary N) is 1. The van der Waals surface area contributed by atoms with Gasteiger partial charge in [0.2, 0.25) is 0 Å². The van der Waals surface area contributed by atoms with E-state index in [2.05, 4.69) is 23.6 Å². The summed E-state index contributed by atoms with van der Waals surface area (Å²) in [6.07, 6.45) is 5.12. The minimum absolute atomic E-state index is 0.0516. The Morgan fingerprint density at radius 1 is 1.59 bits per heavy atom. The predicted octanol–water partition coefficient (Wildman–Crippen LogP) is 3.18. The molecule has 17 heavy (non-hydrogen) atoms. The van der Waals surface area contributed by atoms with Crippen LogP contribution < -0.4 is 5.48 Å². The fourth-order valence-electron chi connectivity index (χ4n) is 1.28. The molecule has 0 amide bonds. The van der Waals surface area contributed by atoms with E-state index >= 15 is 0 Å². The SMILES string of the molecule is C=CC(C[C@H](C)/C=C(F)\C=N/C)NOC(=C)C. The fourth-order valence-corrected chi connectivity index (χ4v) is 1.28. The van der Waals surface area contributed by atoms with Crippen LogP contribution in [0.15, 0.2) is 41.9 Å². The van der Waals surface area contributed by atoms with E-state index in [0.717, 1.165) is 0 Å². The first-order valence-electron chi connectivity index (χ1n) is 5.49. The number of hydroxylamine groups is 1. The number of nitrogens with zero attached hydrogens (tertiary/aromatic N) is 1. The van der Waals surface area contributed by atoms with Crippen molar-refractivity contribution in [2.45, 2.75) is 26.3 Å². The summed E-state index contributed by atoms with van der Waals surface area (Å²) >= 11 is 0. The summed E-state index contributed by atoms with van der Waals surface area (Å²) < 4.78 is 13.1. The van der Waals surface area contributed by atoms with Gasteiger partial charge in [0.15, 0.2) is 0 Å². The van der Waals surface area contributed by atoms with E-state index < -0.39 is 0 Å². The molecule has 1 N–H and O–H groups in total. The van der Waals surface area contributed by atoms with Crippen molar-refractivity contribution in [3.8, 4) is 0 Å². The molecule has 0 aromatic rings. The van der Waals surface area contributed by atoms with Crippen LogP contribution in [0.2, 0.25) is 0 Å². The maximum absolute atomic E-state index is 13.1. The van der Waals surface area contributed by atoms with Gasteiger partial charge < -0.3 is 4.84 Å². The van der Waals surface area contributed by atoms with Crippen LogP contribution in [0.1, 0.15) is 20.3 Å². The normalized spacial score (nSPS) is 15.6. The van der Waals surface area contributed by atoms with Gasteiger partial charge in [-0.25, -0.2) is 4.39 Å². The summed E-state index contributed by atoms with van der Waals surface area (Å²) in [5.41, 5.74) is 2.80. The summed E-state index contributed by atoms with van der Waals surface area (Å²) in [6, 6.07) is -0.0516. The highest BCUT2D eigenvalue weighted by atomic mass is 19.1. The van der Waals surface area contributed by atoms with Crippen molar-refractivity contribution in [2.75, 3.05) is 7.05 Å². The first kappa shape index (κ1) is 15.6. The Hall–Kier alpha value is -1.42. The van der Waals surface area contributed by atoms with Crippen LogP contribution in [0.5, 0.6) is 0 Å². The second-order valence-corrected chi connectivity index (χ2v) is 3.92. The molecule has 4 heteroatoms. The van der Waals surface area contributed by atoms with E-state index in [1.54, 1.807) is 13.0 Å². The van der Waals surface area contributed by atoms with Crippen molar-refractivity contribution in [1.82, 2.24) is 5.48 Å². The molecule has 0 bridgehead atoms. The van der Waals surface area contributed by atoms with Crippen LogP contribution in [0.3, 0.4) is 0 Å². The molecule has 0 aromatic heterocycles. The number of hydrogen-bond acceptors (Lipinski definition) is 3. The Bertz CT molecular complexity index is 311. The van der Waals surface area contributed by atoms with E-state index in [9.17, 15) is 4.39 Å². The lowest BCUT2D eigenvalue weighted by atomic mass is 10.0. The van der Waals surface area contributed by atoms with Crippen LogP contribution >= 0.6 is 0 Å². The van der Waals surface area contributed by atoms with Crippen molar-refractivity contribution >= 4 is 6.21 Å². The second kappa shape index (κ2) is 8.70. The predicted molar refractivity (Wildman–Crippen MR) is 70.4 cm³/mol. The fraction of sp³-hybridized carbons (Fsp3) is 0.462. The standard InChI is InChI=1S/C13H21FN2O/c1-6-13(16-17-10(2)3)8-11(4)7-12(14)9-15-5/h6-7,9,11,13,16H,1-2,8H2,3-5H3/b12-7+,15-9-/t11-,13?/m1/s1. The van der Waals surface area contributed by atoms with E-state index in [1.807, 2.05) is 6.92 Å². The summed E-state index contributed by atoms with van der Waals surface area (Å²) in [6.45, 7) is 11.0. The first-order valence-corrected chi connectivity index (χ1v) is 5.49. The molecule has 0 rings (SSSR count). The van der Waals surface area contributed by atoms with Crippen LogP contribution in [-0.4, -0.2) is 19.3 Å². The van der Waals surface area contributed by atoms with Gasteiger partial charge in [0.25, 0.3) is 0 Å². The molecule has 3 nitrogen and oxygen atoms in total. The maximum atomic E-state index is 13.1. The number of aliphatic imine (C=N–C) groups is 1. The maximum Gasteiger partial charge on any atom is 0.137 e.